The first kappa shape index (κ1) is 83.4. The van der Waals surface area contributed by atoms with E-state index in [0.29, 0.717) is 50.0 Å². The van der Waals surface area contributed by atoms with Crippen LogP contribution in [0.5, 0.6) is 28.7 Å². The van der Waals surface area contributed by atoms with E-state index in [1.54, 1.807) is 83.3 Å². The summed E-state index contributed by atoms with van der Waals surface area (Å²) < 4.78 is 16.2. The van der Waals surface area contributed by atoms with Crippen molar-refractivity contribution < 1.29 is 28.9 Å². The standard InChI is InChI=1S/C25H25N5O2.C19H21N3O.C18H19N3O.C10H15N.C9H7ClN2O.C7H7ClN2O/c1-25(2,3)16-6-5-7-17(12-16)29-23-15-28-21-13-18(8-9-20(21)30-23)32-19-10-11-27-22(14-19)24(31)26-4;1-19(2,3)13-6-5-7-14(10-13)21-18-12-20-17-11-15(23-4)8-9-16(17)22-18;1-18(2,3)12-5-4-6-13(9-12)20-17-11-19-16-10-14(22)7-8-15(16)21-17;1-10(2,3)8-5-4-6-9(11)7-8;1-13-6-2-3-7-8(4-6)11-5-9(10)12-7;1-9-7(11)6-4-5(8)2-3-10-6/h5-15H,1-4H3,(H,26,31)(H,29,30);5-12H,1-4H3,(H,21,22);4-11,22H,1-3H3,(H,20,21);4-7H,11H2,1-3H3;2-5H,1H3;2-4H,1H3,(H,9,11). The largest absolute Gasteiger partial charge is 0.508 e. The topological polar surface area (TPSA) is 297 Å². The Bertz CT molecular complexity index is 5570. The molecule has 0 aliphatic carbocycles. The number of phenols is 1. The first-order chi connectivity index (χ1) is 53.2. The summed E-state index contributed by atoms with van der Waals surface area (Å²) in [6.45, 7) is 26.3. The number of methoxy groups -OCH3 is 2. The van der Waals surface area contributed by atoms with Gasteiger partial charge in [0.15, 0.2) is 0 Å². The number of rotatable bonds is 12. The second-order valence-corrected chi connectivity index (χ2v) is 30.6. The highest BCUT2D eigenvalue weighted by atomic mass is 35.5. The minimum absolute atomic E-state index is 0.0685. The van der Waals surface area contributed by atoms with Gasteiger partial charge >= 0.3 is 0 Å². The molecular formula is C88H94Cl2N16O6. The number of hydrogen-bond acceptors (Lipinski definition) is 20. The van der Waals surface area contributed by atoms with Crippen LogP contribution in [0.1, 0.15) is 126 Å². The number of halogens is 2. The van der Waals surface area contributed by atoms with Gasteiger partial charge < -0.3 is 51.6 Å². The molecule has 14 aromatic rings. The average molecular weight is 1540 g/mol. The van der Waals surface area contributed by atoms with Crippen molar-refractivity contribution >= 4 is 119 Å². The predicted octanol–water partition coefficient (Wildman–Crippen LogP) is 20.2. The summed E-state index contributed by atoms with van der Waals surface area (Å²) in [6, 6.07) is 61.1. The molecule has 576 valence electrons. The molecule has 0 atom stereocenters. The van der Waals surface area contributed by atoms with E-state index in [4.69, 9.17) is 43.1 Å². The summed E-state index contributed by atoms with van der Waals surface area (Å²) in [5, 5.41) is 25.3. The third kappa shape index (κ3) is 24.7. The summed E-state index contributed by atoms with van der Waals surface area (Å²) in [7, 11) is 6.37. The van der Waals surface area contributed by atoms with E-state index < -0.39 is 0 Å². The Morgan fingerprint density at radius 2 is 0.732 bits per heavy atom. The van der Waals surface area contributed by atoms with Crippen molar-refractivity contribution in [3.8, 4) is 28.7 Å². The molecular weight excluding hydrogens is 1450 g/mol. The highest BCUT2D eigenvalue weighted by Crippen LogP contribution is 2.32. The molecule has 6 aromatic heterocycles. The fourth-order valence-electron chi connectivity index (χ4n) is 10.6. The Hall–Kier alpha value is -12.7. The number of aromatic nitrogens is 10. The number of hydrogen-bond donors (Lipinski definition) is 7. The van der Waals surface area contributed by atoms with Crippen molar-refractivity contribution in [2.45, 2.75) is 105 Å². The van der Waals surface area contributed by atoms with Crippen LogP contribution in [0.2, 0.25) is 10.2 Å². The number of carbonyl (C=O) groups is 2. The molecule has 0 bridgehead atoms. The van der Waals surface area contributed by atoms with E-state index in [1.165, 1.54) is 46.9 Å². The molecule has 0 aliphatic heterocycles. The third-order valence-electron chi connectivity index (χ3n) is 16.9. The monoisotopic (exact) mass is 1540 g/mol. The van der Waals surface area contributed by atoms with Gasteiger partial charge in [-0.2, -0.15) is 0 Å². The molecule has 14 rings (SSSR count). The lowest BCUT2D eigenvalue weighted by Crippen LogP contribution is -2.18. The number of ether oxygens (including phenoxy) is 3. The number of nitrogen functional groups attached to an aromatic ring is 1. The lowest BCUT2D eigenvalue weighted by atomic mass is 9.87. The number of amides is 2. The van der Waals surface area contributed by atoms with Crippen LogP contribution >= 0.6 is 23.2 Å². The quantitative estimate of drug-likeness (QED) is 0.0559. The number of carbonyl (C=O) groups excluding carboxylic acids is 2. The molecule has 0 aliphatic rings. The fourth-order valence-corrected chi connectivity index (χ4v) is 10.9. The zero-order chi connectivity index (χ0) is 80.9. The summed E-state index contributed by atoms with van der Waals surface area (Å²) in [5.74, 6) is 4.44. The number of nitrogens with zero attached hydrogens (tertiary/aromatic N) is 10. The lowest BCUT2D eigenvalue weighted by Gasteiger charge is -2.20. The molecule has 8 aromatic carbocycles. The van der Waals surface area contributed by atoms with Crippen LogP contribution in [-0.4, -0.2) is 95.1 Å². The second-order valence-electron chi connectivity index (χ2n) is 29.7. The van der Waals surface area contributed by atoms with Gasteiger partial charge in [0, 0.05) is 84.6 Å². The molecule has 0 saturated carbocycles. The molecule has 0 saturated heterocycles. The van der Waals surface area contributed by atoms with E-state index in [-0.39, 0.29) is 44.9 Å². The molecule has 0 radical (unpaired) electrons. The molecule has 6 heterocycles. The number of fused-ring (bicyclic) bond motifs is 4. The summed E-state index contributed by atoms with van der Waals surface area (Å²) in [4.78, 5) is 65.9. The van der Waals surface area contributed by atoms with Crippen LogP contribution in [0.4, 0.5) is 40.2 Å². The number of aromatic hydroxyl groups is 1. The van der Waals surface area contributed by atoms with Crippen molar-refractivity contribution in [1.29, 1.82) is 0 Å². The maximum absolute atomic E-state index is 11.8. The normalized spacial score (nSPS) is 11.1. The molecule has 0 spiro atoms. The van der Waals surface area contributed by atoms with Gasteiger partial charge in [0.05, 0.1) is 83.1 Å². The van der Waals surface area contributed by atoms with Gasteiger partial charge in [0.25, 0.3) is 11.8 Å². The van der Waals surface area contributed by atoms with Crippen LogP contribution in [0.3, 0.4) is 0 Å². The number of benzene rings is 8. The molecule has 0 unspecified atom stereocenters. The molecule has 0 fully saturated rings. The Labute approximate surface area is 663 Å². The molecule has 22 nitrogen and oxygen atoms in total. The molecule has 8 N–H and O–H groups in total. The van der Waals surface area contributed by atoms with Crippen LogP contribution in [0.25, 0.3) is 44.1 Å². The Kier molecular flexibility index (Phi) is 28.0. The molecule has 24 heteroatoms. The number of anilines is 7. The van der Waals surface area contributed by atoms with Gasteiger partial charge in [0.1, 0.15) is 62.7 Å². The fraction of sp³-hybridized carbons (Fsp3) is 0.227. The van der Waals surface area contributed by atoms with Gasteiger partial charge in [0.2, 0.25) is 0 Å². The van der Waals surface area contributed by atoms with E-state index in [1.807, 2.05) is 103 Å². The van der Waals surface area contributed by atoms with Crippen molar-refractivity contribution in [2.75, 3.05) is 50.0 Å². The van der Waals surface area contributed by atoms with Gasteiger partial charge in [-0.1, -0.05) is 155 Å². The SMILES string of the molecule is CC(C)(C)c1cccc(N)c1.CC(C)(C)c1cccc(Nc2cnc3cc(O)ccc3n2)c1.CNC(=O)c1cc(Cl)ccn1.CNC(=O)c1cc(Oc2ccc3nc(Nc4cccc(C(C)(C)C)c4)cnc3c2)ccn1.COc1ccc2nc(Cl)cnc2c1.COc1ccc2nc(Nc3cccc(C(C)(C)C)c3)cnc2c1. The first-order valence-electron chi connectivity index (χ1n) is 35.9. The highest BCUT2D eigenvalue weighted by Gasteiger charge is 2.18. The zero-order valence-electron chi connectivity index (χ0n) is 65.7. The van der Waals surface area contributed by atoms with Crippen LogP contribution in [0.15, 0.2) is 231 Å². The summed E-state index contributed by atoms with van der Waals surface area (Å²) in [6.07, 6.45) is 9.66. The number of pyridine rings is 2. The Morgan fingerprint density at radius 3 is 1.13 bits per heavy atom. The maximum Gasteiger partial charge on any atom is 0.269 e. The minimum Gasteiger partial charge on any atom is -0.508 e. The number of phenolic OH excluding ortho intramolecular Hbond substituents is 1. The van der Waals surface area contributed by atoms with E-state index >= 15 is 0 Å². The molecule has 2 amide bonds. The van der Waals surface area contributed by atoms with Gasteiger partial charge in [-0.15, -0.1) is 0 Å². The van der Waals surface area contributed by atoms with E-state index in [9.17, 15) is 14.7 Å². The third-order valence-corrected chi connectivity index (χ3v) is 17.3. The van der Waals surface area contributed by atoms with E-state index in [2.05, 4.69) is 208 Å². The van der Waals surface area contributed by atoms with Crippen molar-refractivity contribution in [1.82, 2.24) is 60.5 Å². The van der Waals surface area contributed by atoms with Crippen molar-refractivity contribution in [3.63, 3.8) is 0 Å². The minimum atomic E-state index is -0.270. The summed E-state index contributed by atoms with van der Waals surface area (Å²) in [5.41, 5.74) is 21.7. The van der Waals surface area contributed by atoms with Gasteiger partial charge in [-0.25, -0.2) is 19.9 Å². The van der Waals surface area contributed by atoms with Gasteiger partial charge in [-0.05, 0) is 159 Å². The van der Waals surface area contributed by atoms with Crippen LogP contribution < -0.4 is 46.5 Å². The van der Waals surface area contributed by atoms with Crippen LogP contribution in [0, 0.1) is 0 Å². The first-order valence-corrected chi connectivity index (χ1v) is 36.7. The highest BCUT2D eigenvalue weighted by molar-refractivity contribution is 6.31. The second kappa shape index (κ2) is 37.6. The Balaban J connectivity index is 0.000000161. The van der Waals surface area contributed by atoms with Gasteiger partial charge in [-0.3, -0.25) is 39.5 Å². The van der Waals surface area contributed by atoms with Crippen molar-refractivity contribution in [2.24, 2.45) is 0 Å². The number of nitrogens with one attached hydrogen (secondary N) is 5. The Morgan fingerprint density at radius 1 is 0.375 bits per heavy atom. The smallest absolute Gasteiger partial charge is 0.269 e. The average Bonchev–Trinajstić information content (AvgIpc) is 0.828. The van der Waals surface area contributed by atoms with Crippen molar-refractivity contribution in [3.05, 3.63) is 275 Å². The zero-order valence-corrected chi connectivity index (χ0v) is 67.2. The maximum atomic E-state index is 11.8. The predicted molar refractivity (Wildman–Crippen MR) is 453 cm³/mol. The lowest BCUT2D eigenvalue weighted by molar-refractivity contribution is 0.0950. The molecule has 112 heavy (non-hydrogen) atoms. The summed E-state index contributed by atoms with van der Waals surface area (Å²) >= 11 is 11.3. The number of nitrogens with two attached hydrogens (primary N) is 1. The van der Waals surface area contributed by atoms with Crippen LogP contribution in [-0.2, 0) is 21.7 Å². The van der Waals surface area contributed by atoms with E-state index in [0.717, 1.165) is 73.2 Å².